The molecule has 122 valence electrons. The number of benzene rings is 1. The molecule has 3 rings (SSSR count). The van der Waals surface area contributed by atoms with Gasteiger partial charge >= 0.3 is 0 Å². The van der Waals surface area contributed by atoms with Gasteiger partial charge < -0.3 is 5.32 Å². The number of amides is 1. The van der Waals surface area contributed by atoms with E-state index in [2.05, 4.69) is 20.8 Å². The number of nitrogens with zero attached hydrogens (tertiary/aromatic N) is 4. The first kappa shape index (κ1) is 16.0. The van der Waals surface area contributed by atoms with Gasteiger partial charge in [0, 0.05) is 7.05 Å². The molecule has 1 N–H and O–H groups in total. The van der Waals surface area contributed by atoms with Crippen molar-refractivity contribution in [2.75, 3.05) is 7.05 Å². The standard InChI is InChI=1S/C16H21N5OS/c1-17-15(22)14(11-12-7-3-2-4-8-12)23-16-18-19-20-21(16)13-9-5-6-10-13/h2-4,7-8,13-14H,5-6,9-11H2,1H3,(H,17,22). The zero-order valence-corrected chi connectivity index (χ0v) is 14.0. The Hall–Kier alpha value is -1.89. The quantitative estimate of drug-likeness (QED) is 0.822. The number of hydrogen-bond donors (Lipinski definition) is 1. The lowest BCUT2D eigenvalue weighted by molar-refractivity contribution is -0.120. The molecule has 23 heavy (non-hydrogen) atoms. The Morgan fingerprint density at radius 3 is 2.78 bits per heavy atom. The smallest absolute Gasteiger partial charge is 0.233 e. The number of hydrogen-bond acceptors (Lipinski definition) is 5. The fourth-order valence-electron chi connectivity index (χ4n) is 2.95. The highest BCUT2D eigenvalue weighted by molar-refractivity contribution is 8.00. The first-order valence-corrected chi connectivity index (χ1v) is 8.86. The molecule has 0 saturated heterocycles. The van der Waals surface area contributed by atoms with Crippen LogP contribution in [0.3, 0.4) is 0 Å². The highest BCUT2D eigenvalue weighted by atomic mass is 32.2. The monoisotopic (exact) mass is 331 g/mol. The number of carbonyl (C=O) groups excluding carboxylic acids is 1. The minimum absolute atomic E-state index is 0.000162. The predicted molar refractivity (Wildman–Crippen MR) is 89.2 cm³/mol. The topological polar surface area (TPSA) is 72.7 Å². The van der Waals surface area contributed by atoms with Crippen LogP contribution in [-0.2, 0) is 11.2 Å². The Morgan fingerprint density at radius 1 is 1.35 bits per heavy atom. The van der Waals surface area contributed by atoms with Gasteiger partial charge in [0.2, 0.25) is 11.1 Å². The molecule has 2 aromatic rings. The molecule has 0 aliphatic heterocycles. The fourth-order valence-corrected chi connectivity index (χ4v) is 4.08. The van der Waals surface area contributed by atoms with E-state index in [4.69, 9.17) is 0 Å². The highest BCUT2D eigenvalue weighted by Gasteiger charge is 2.26. The SMILES string of the molecule is CNC(=O)C(Cc1ccccc1)Sc1nnnn1C1CCCC1. The molecule has 0 bridgehead atoms. The highest BCUT2D eigenvalue weighted by Crippen LogP contribution is 2.33. The second kappa shape index (κ2) is 7.59. The molecule has 1 unspecified atom stereocenters. The minimum Gasteiger partial charge on any atom is -0.358 e. The van der Waals surface area contributed by atoms with Gasteiger partial charge in [0.25, 0.3) is 0 Å². The molecular formula is C16H21N5OS. The molecule has 0 spiro atoms. The number of tetrazole rings is 1. The van der Waals surface area contributed by atoms with E-state index in [0.29, 0.717) is 12.5 Å². The molecule has 1 atom stereocenters. The van der Waals surface area contributed by atoms with Gasteiger partial charge in [0.05, 0.1) is 11.3 Å². The van der Waals surface area contributed by atoms with Crippen molar-refractivity contribution in [1.82, 2.24) is 25.5 Å². The first-order valence-electron chi connectivity index (χ1n) is 7.98. The average Bonchev–Trinajstić information content (AvgIpc) is 3.25. The van der Waals surface area contributed by atoms with Crippen LogP contribution in [-0.4, -0.2) is 38.4 Å². The Labute approximate surface area is 140 Å². The Bertz CT molecular complexity index is 639. The van der Waals surface area contributed by atoms with E-state index in [1.165, 1.54) is 24.6 Å². The lowest BCUT2D eigenvalue weighted by Crippen LogP contribution is -2.31. The maximum absolute atomic E-state index is 12.3. The van der Waals surface area contributed by atoms with Crippen LogP contribution in [0.2, 0.25) is 0 Å². The van der Waals surface area contributed by atoms with Gasteiger partial charge in [-0.1, -0.05) is 54.9 Å². The van der Waals surface area contributed by atoms with Crippen LogP contribution in [0.1, 0.15) is 37.3 Å². The van der Waals surface area contributed by atoms with Gasteiger partial charge in [-0.3, -0.25) is 4.79 Å². The third kappa shape index (κ3) is 3.90. The van der Waals surface area contributed by atoms with Gasteiger partial charge in [0.15, 0.2) is 0 Å². The van der Waals surface area contributed by atoms with E-state index < -0.39 is 0 Å². The zero-order valence-electron chi connectivity index (χ0n) is 13.2. The van der Waals surface area contributed by atoms with Crippen molar-refractivity contribution in [3.05, 3.63) is 35.9 Å². The summed E-state index contributed by atoms with van der Waals surface area (Å²) in [5.74, 6) is -0.000162. The average molecular weight is 331 g/mol. The van der Waals surface area contributed by atoms with Crippen LogP contribution in [0.25, 0.3) is 0 Å². The van der Waals surface area contributed by atoms with Crippen LogP contribution >= 0.6 is 11.8 Å². The van der Waals surface area contributed by atoms with Crippen LogP contribution in [0, 0.1) is 0 Å². The number of carbonyl (C=O) groups is 1. The summed E-state index contributed by atoms with van der Waals surface area (Å²) in [6.07, 6.45) is 5.32. The van der Waals surface area contributed by atoms with E-state index in [9.17, 15) is 4.79 Å². The van der Waals surface area contributed by atoms with Gasteiger partial charge in [-0.2, -0.15) is 0 Å². The van der Waals surface area contributed by atoms with Crippen molar-refractivity contribution in [2.24, 2.45) is 0 Å². The van der Waals surface area contributed by atoms with Crippen LogP contribution in [0.15, 0.2) is 35.5 Å². The van der Waals surface area contributed by atoms with Crippen molar-refractivity contribution >= 4 is 17.7 Å². The summed E-state index contributed by atoms with van der Waals surface area (Å²) >= 11 is 1.45. The third-order valence-electron chi connectivity index (χ3n) is 4.18. The van der Waals surface area contributed by atoms with E-state index in [1.807, 2.05) is 35.0 Å². The number of thioether (sulfide) groups is 1. The van der Waals surface area contributed by atoms with Crippen LogP contribution in [0.5, 0.6) is 0 Å². The molecule has 1 heterocycles. The molecule has 0 radical (unpaired) electrons. The van der Waals surface area contributed by atoms with E-state index in [1.54, 1.807) is 7.05 Å². The first-order chi connectivity index (χ1) is 11.3. The Morgan fingerprint density at radius 2 is 2.09 bits per heavy atom. The molecule has 1 aromatic heterocycles. The lowest BCUT2D eigenvalue weighted by atomic mass is 10.1. The maximum atomic E-state index is 12.3. The molecule has 1 fully saturated rings. The van der Waals surface area contributed by atoms with Crippen LogP contribution < -0.4 is 5.32 Å². The molecule has 1 saturated carbocycles. The summed E-state index contributed by atoms with van der Waals surface area (Å²) in [6, 6.07) is 10.4. The summed E-state index contributed by atoms with van der Waals surface area (Å²) in [7, 11) is 1.67. The molecule has 1 aliphatic rings. The molecule has 6 nitrogen and oxygen atoms in total. The van der Waals surface area contributed by atoms with Crippen molar-refractivity contribution in [3.63, 3.8) is 0 Å². The summed E-state index contributed by atoms with van der Waals surface area (Å²) in [6.45, 7) is 0. The normalized spacial score (nSPS) is 16.4. The number of aromatic nitrogens is 4. The summed E-state index contributed by atoms with van der Waals surface area (Å²) in [4.78, 5) is 12.3. The third-order valence-corrected chi connectivity index (χ3v) is 5.33. The van der Waals surface area contributed by atoms with E-state index in [0.717, 1.165) is 23.6 Å². The Balaban J connectivity index is 1.76. The molecule has 1 aromatic carbocycles. The van der Waals surface area contributed by atoms with Crippen molar-refractivity contribution in [3.8, 4) is 0 Å². The van der Waals surface area contributed by atoms with E-state index >= 15 is 0 Å². The summed E-state index contributed by atoms with van der Waals surface area (Å²) in [5.41, 5.74) is 1.13. The van der Waals surface area contributed by atoms with Gasteiger partial charge in [-0.05, 0) is 35.3 Å². The minimum atomic E-state index is -0.242. The van der Waals surface area contributed by atoms with Crippen molar-refractivity contribution in [1.29, 1.82) is 0 Å². The summed E-state index contributed by atoms with van der Waals surface area (Å²) < 4.78 is 1.90. The zero-order chi connectivity index (χ0) is 16.1. The number of nitrogens with one attached hydrogen (secondary N) is 1. The molecule has 1 amide bonds. The van der Waals surface area contributed by atoms with E-state index in [-0.39, 0.29) is 11.2 Å². The second-order valence-electron chi connectivity index (χ2n) is 5.75. The predicted octanol–water partition coefficient (Wildman–Crippen LogP) is 2.24. The maximum Gasteiger partial charge on any atom is 0.233 e. The molecule has 1 aliphatic carbocycles. The van der Waals surface area contributed by atoms with Gasteiger partial charge in [-0.25, -0.2) is 4.68 Å². The fraction of sp³-hybridized carbons (Fsp3) is 0.500. The van der Waals surface area contributed by atoms with Gasteiger partial charge in [0.1, 0.15) is 0 Å². The van der Waals surface area contributed by atoms with Gasteiger partial charge in [-0.15, -0.1) is 5.10 Å². The number of rotatable bonds is 6. The van der Waals surface area contributed by atoms with Crippen molar-refractivity contribution in [2.45, 2.75) is 48.6 Å². The lowest BCUT2D eigenvalue weighted by Gasteiger charge is -2.16. The second-order valence-corrected chi connectivity index (χ2v) is 6.92. The summed E-state index contributed by atoms with van der Waals surface area (Å²) in [5, 5.41) is 15.4. The van der Waals surface area contributed by atoms with Crippen molar-refractivity contribution < 1.29 is 4.79 Å². The largest absolute Gasteiger partial charge is 0.358 e. The van der Waals surface area contributed by atoms with Crippen LogP contribution in [0.4, 0.5) is 0 Å². The Kier molecular flexibility index (Phi) is 5.27. The molecular weight excluding hydrogens is 310 g/mol. The molecule has 7 heteroatoms.